The number of rotatable bonds is 7. The molecular weight excluding hydrogens is 200 g/mol. The Morgan fingerprint density at radius 2 is 2.19 bits per heavy atom. The lowest BCUT2D eigenvalue weighted by Crippen LogP contribution is -2.29. The first-order chi connectivity index (χ1) is 7.76. The molecule has 0 saturated heterocycles. The van der Waals surface area contributed by atoms with Gasteiger partial charge in [0.25, 0.3) is 0 Å². The predicted octanol–water partition coefficient (Wildman–Crippen LogP) is 1.94. The molecule has 0 spiro atoms. The molecule has 0 saturated carbocycles. The first-order valence-corrected chi connectivity index (χ1v) is 6.03. The second-order valence-corrected chi connectivity index (χ2v) is 4.05. The Morgan fingerprint density at radius 1 is 1.38 bits per heavy atom. The van der Waals surface area contributed by atoms with Crippen LogP contribution in [0.3, 0.4) is 0 Å². The maximum atomic E-state index is 5.95. The number of nitrogens with zero attached hydrogens (tertiary/aromatic N) is 1. The molecular formula is C13H22N2O. The second-order valence-electron chi connectivity index (χ2n) is 4.05. The van der Waals surface area contributed by atoms with Crippen molar-refractivity contribution in [2.45, 2.75) is 39.2 Å². The van der Waals surface area contributed by atoms with Crippen LogP contribution in [-0.2, 0) is 17.6 Å². The summed E-state index contributed by atoms with van der Waals surface area (Å²) >= 11 is 0. The van der Waals surface area contributed by atoms with Gasteiger partial charge in [0, 0.05) is 31.0 Å². The second kappa shape index (κ2) is 7.36. The van der Waals surface area contributed by atoms with E-state index in [0.717, 1.165) is 31.6 Å². The van der Waals surface area contributed by atoms with E-state index in [4.69, 9.17) is 10.5 Å². The Kier molecular flexibility index (Phi) is 6.04. The Balaban J connectivity index is 2.34. The normalized spacial score (nSPS) is 12.7. The van der Waals surface area contributed by atoms with Crippen LogP contribution in [0.5, 0.6) is 0 Å². The minimum atomic E-state index is 0.0477. The van der Waals surface area contributed by atoms with E-state index in [-0.39, 0.29) is 6.04 Å². The third-order valence-electron chi connectivity index (χ3n) is 2.45. The molecule has 1 heterocycles. The molecule has 1 aromatic rings. The van der Waals surface area contributed by atoms with Gasteiger partial charge in [0.2, 0.25) is 0 Å². The molecule has 1 atom stereocenters. The van der Waals surface area contributed by atoms with E-state index in [2.05, 4.69) is 31.0 Å². The zero-order valence-electron chi connectivity index (χ0n) is 10.3. The summed E-state index contributed by atoms with van der Waals surface area (Å²) in [7, 11) is 0. The average molecular weight is 222 g/mol. The van der Waals surface area contributed by atoms with Crippen molar-refractivity contribution in [2.75, 3.05) is 13.2 Å². The first-order valence-electron chi connectivity index (χ1n) is 6.03. The average Bonchev–Trinajstić information content (AvgIpc) is 2.30. The highest BCUT2D eigenvalue weighted by molar-refractivity contribution is 5.14. The van der Waals surface area contributed by atoms with Crippen molar-refractivity contribution in [3.05, 3.63) is 29.6 Å². The van der Waals surface area contributed by atoms with Crippen molar-refractivity contribution in [3.8, 4) is 0 Å². The van der Waals surface area contributed by atoms with Gasteiger partial charge in [0.1, 0.15) is 0 Å². The number of aromatic nitrogens is 1. The van der Waals surface area contributed by atoms with Gasteiger partial charge < -0.3 is 10.5 Å². The highest BCUT2D eigenvalue weighted by Crippen LogP contribution is 2.03. The molecule has 3 nitrogen and oxygen atoms in total. The minimum Gasteiger partial charge on any atom is -0.380 e. The lowest BCUT2D eigenvalue weighted by molar-refractivity contribution is 0.121. The molecule has 0 aliphatic carbocycles. The molecule has 3 heteroatoms. The van der Waals surface area contributed by atoms with Crippen LogP contribution < -0.4 is 5.73 Å². The van der Waals surface area contributed by atoms with E-state index < -0.39 is 0 Å². The zero-order valence-corrected chi connectivity index (χ0v) is 10.3. The van der Waals surface area contributed by atoms with Crippen LogP contribution in [-0.4, -0.2) is 24.2 Å². The maximum absolute atomic E-state index is 5.95. The molecule has 0 amide bonds. The molecule has 2 N–H and O–H groups in total. The summed E-state index contributed by atoms with van der Waals surface area (Å²) in [5.41, 5.74) is 8.26. The monoisotopic (exact) mass is 222 g/mol. The maximum Gasteiger partial charge on any atom is 0.0621 e. The summed E-state index contributed by atoms with van der Waals surface area (Å²) in [6, 6.07) is 4.21. The third-order valence-corrected chi connectivity index (χ3v) is 2.45. The van der Waals surface area contributed by atoms with E-state index in [0.29, 0.717) is 6.61 Å². The van der Waals surface area contributed by atoms with Crippen LogP contribution in [0.15, 0.2) is 18.3 Å². The summed E-state index contributed by atoms with van der Waals surface area (Å²) in [5, 5.41) is 0. The smallest absolute Gasteiger partial charge is 0.0621 e. The quantitative estimate of drug-likeness (QED) is 0.717. The molecule has 1 rings (SSSR count). The minimum absolute atomic E-state index is 0.0477. The fourth-order valence-electron chi connectivity index (χ4n) is 1.49. The number of nitrogens with two attached hydrogens (primary N) is 1. The molecule has 90 valence electrons. The summed E-state index contributed by atoms with van der Waals surface area (Å²) in [4.78, 5) is 4.38. The number of hydrogen-bond donors (Lipinski definition) is 1. The Hall–Kier alpha value is -0.930. The first kappa shape index (κ1) is 13.1. The van der Waals surface area contributed by atoms with Crippen LogP contribution in [0.2, 0.25) is 0 Å². The van der Waals surface area contributed by atoms with E-state index in [1.807, 2.05) is 6.20 Å². The molecule has 1 unspecified atom stereocenters. The van der Waals surface area contributed by atoms with Crippen molar-refractivity contribution in [2.24, 2.45) is 5.73 Å². The summed E-state index contributed by atoms with van der Waals surface area (Å²) < 4.78 is 5.41. The van der Waals surface area contributed by atoms with Gasteiger partial charge in [-0.1, -0.05) is 19.9 Å². The van der Waals surface area contributed by atoms with Gasteiger partial charge in [0.15, 0.2) is 0 Å². The van der Waals surface area contributed by atoms with Crippen molar-refractivity contribution in [1.29, 1.82) is 0 Å². The van der Waals surface area contributed by atoms with Crippen LogP contribution in [0.4, 0.5) is 0 Å². The summed E-state index contributed by atoms with van der Waals surface area (Å²) in [6.45, 7) is 5.62. The topological polar surface area (TPSA) is 48.1 Å². The van der Waals surface area contributed by atoms with Gasteiger partial charge in [-0.3, -0.25) is 4.98 Å². The highest BCUT2D eigenvalue weighted by Gasteiger charge is 2.05. The molecule has 0 aliphatic heterocycles. The number of aryl methyl sites for hydroxylation is 1. The van der Waals surface area contributed by atoms with E-state index in [9.17, 15) is 0 Å². The zero-order chi connectivity index (χ0) is 11.8. The van der Waals surface area contributed by atoms with Gasteiger partial charge in [-0.05, 0) is 24.5 Å². The number of hydrogen-bond acceptors (Lipinski definition) is 3. The molecule has 0 fully saturated rings. The third kappa shape index (κ3) is 4.73. The lowest BCUT2D eigenvalue weighted by Gasteiger charge is -2.11. The van der Waals surface area contributed by atoms with Gasteiger partial charge >= 0.3 is 0 Å². The lowest BCUT2D eigenvalue weighted by atomic mass is 10.1. The SMILES string of the molecule is CCCOCC(N)Cc1ccc(CC)cn1. The summed E-state index contributed by atoms with van der Waals surface area (Å²) in [6.07, 6.45) is 4.78. The molecule has 16 heavy (non-hydrogen) atoms. The Morgan fingerprint density at radius 3 is 2.75 bits per heavy atom. The van der Waals surface area contributed by atoms with Crippen molar-refractivity contribution in [3.63, 3.8) is 0 Å². The van der Waals surface area contributed by atoms with Crippen LogP contribution >= 0.6 is 0 Å². The Labute approximate surface area is 98.0 Å². The van der Waals surface area contributed by atoms with Gasteiger partial charge in [-0.2, -0.15) is 0 Å². The van der Waals surface area contributed by atoms with E-state index in [1.54, 1.807) is 0 Å². The summed E-state index contributed by atoms with van der Waals surface area (Å²) in [5.74, 6) is 0. The number of ether oxygens (including phenoxy) is 1. The Bertz CT molecular complexity index is 284. The van der Waals surface area contributed by atoms with Gasteiger partial charge in [0.05, 0.1) is 6.61 Å². The molecule has 0 radical (unpaired) electrons. The predicted molar refractivity (Wildman–Crippen MR) is 66.4 cm³/mol. The fourth-order valence-corrected chi connectivity index (χ4v) is 1.49. The number of pyridine rings is 1. The largest absolute Gasteiger partial charge is 0.380 e. The van der Waals surface area contributed by atoms with Gasteiger partial charge in [-0.25, -0.2) is 0 Å². The van der Waals surface area contributed by atoms with Gasteiger partial charge in [-0.15, -0.1) is 0 Å². The standard InChI is InChI=1S/C13H22N2O/c1-3-7-16-10-12(14)8-13-6-5-11(4-2)9-15-13/h5-6,9,12H,3-4,7-8,10,14H2,1-2H3. The van der Waals surface area contributed by atoms with Crippen LogP contribution in [0.1, 0.15) is 31.5 Å². The van der Waals surface area contributed by atoms with Crippen molar-refractivity contribution >= 4 is 0 Å². The van der Waals surface area contributed by atoms with Crippen LogP contribution in [0.25, 0.3) is 0 Å². The molecule has 0 bridgehead atoms. The highest BCUT2D eigenvalue weighted by atomic mass is 16.5. The van der Waals surface area contributed by atoms with Crippen molar-refractivity contribution in [1.82, 2.24) is 4.98 Å². The van der Waals surface area contributed by atoms with E-state index >= 15 is 0 Å². The van der Waals surface area contributed by atoms with Crippen molar-refractivity contribution < 1.29 is 4.74 Å². The molecule has 0 aliphatic rings. The fraction of sp³-hybridized carbons (Fsp3) is 0.615. The van der Waals surface area contributed by atoms with Crippen LogP contribution in [0, 0.1) is 0 Å². The van der Waals surface area contributed by atoms with E-state index in [1.165, 1.54) is 5.56 Å². The molecule has 1 aromatic heterocycles. The molecule has 0 aromatic carbocycles.